The third-order valence-corrected chi connectivity index (χ3v) is 2.67. The molecule has 21 heavy (non-hydrogen) atoms. The summed E-state index contributed by atoms with van der Waals surface area (Å²) < 4.78 is 0. The molecule has 0 spiro atoms. The Morgan fingerprint density at radius 3 is 2.86 bits per heavy atom. The Morgan fingerprint density at radius 1 is 1.52 bits per heavy atom. The zero-order valence-corrected chi connectivity index (χ0v) is 11.9. The van der Waals surface area contributed by atoms with Crippen LogP contribution in [0.25, 0.3) is 6.08 Å². The largest absolute Gasteiger partial charge is 0.478 e. The molecule has 0 radical (unpaired) electrons. The lowest BCUT2D eigenvalue weighted by Crippen LogP contribution is -2.34. The lowest BCUT2D eigenvalue weighted by atomic mass is 10.2. The first-order valence-corrected chi connectivity index (χ1v) is 6.35. The van der Waals surface area contributed by atoms with Gasteiger partial charge in [0.1, 0.15) is 0 Å². The summed E-state index contributed by atoms with van der Waals surface area (Å²) in [6.07, 6.45) is 2.47. The number of nitrogens with zero attached hydrogens (tertiary/aromatic N) is 2. The highest BCUT2D eigenvalue weighted by Crippen LogP contribution is 2.13. The molecule has 6 nitrogen and oxygen atoms in total. The maximum atomic E-state index is 11.9. The maximum Gasteiger partial charge on any atom is 0.328 e. The van der Waals surface area contributed by atoms with Crippen LogP contribution in [0, 0.1) is 17.2 Å². The van der Waals surface area contributed by atoms with E-state index in [1.54, 1.807) is 38.2 Å². The predicted molar refractivity (Wildman–Crippen MR) is 79.5 cm³/mol. The fourth-order valence-electron chi connectivity index (χ4n) is 1.64. The quantitative estimate of drug-likeness (QED) is 0.813. The van der Waals surface area contributed by atoms with Crippen molar-refractivity contribution in [1.82, 2.24) is 4.90 Å². The van der Waals surface area contributed by atoms with Crippen molar-refractivity contribution in [2.45, 2.75) is 6.92 Å². The molecule has 1 rings (SSSR count). The van der Waals surface area contributed by atoms with Crippen molar-refractivity contribution >= 4 is 23.8 Å². The van der Waals surface area contributed by atoms with E-state index in [4.69, 9.17) is 10.4 Å². The van der Waals surface area contributed by atoms with E-state index < -0.39 is 5.97 Å². The molecule has 0 aliphatic heterocycles. The fourth-order valence-corrected chi connectivity index (χ4v) is 1.64. The number of carboxylic acid groups (broad SMARTS) is 1. The highest BCUT2D eigenvalue weighted by Gasteiger charge is 2.12. The van der Waals surface area contributed by atoms with Gasteiger partial charge in [0.2, 0.25) is 0 Å². The van der Waals surface area contributed by atoms with Gasteiger partial charge in [-0.05, 0) is 30.7 Å². The lowest BCUT2D eigenvalue weighted by Gasteiger charge is -2.19. The number of anilines is 1. The van der Waals surface area contributed by atoms with Crippen LogP contribution in [0.3, 0.4) is 0 Å². The molecule has 1 aromatic rings. The molecule has 0 saturated heterocycles. The van der Waals surface area contributed by atoms with E-state index in [9.17, 15) is 9.59 Å². The van der Waals surface area contributed by atoms with Crippen molar-refractivity contribution in [1.29, 1.82) is 5.26 Å². The Balaban J connectivity index is 2.70. The number of urea groups is 1. The van der Waals surface area contributed by atoms with Gasteiger partial charge in [0.25, 0.3) is 0 Å². The third-order valence-electron chi connectivity index (χ3n) is 2.67. The fraction of sp³-hybridized carbons (Fsp3) is 0.267. The number of nitrogens with one attached hydrogen (secondary N) is 1. The van der Waals surface area contributed by atoms with E-state index in [1.807, 2.05) is 0 Å². The number of hydrogen-bond donors (Lipinski definition) is 2. The summed E-state index contributed by atoms with van der Waals surface area (Å²) in [5.41, 5.74) is 1.23. The minimum Gasteiger partial charge on any atom is -0.478 e. The molecule has 6 heteroatoms. The van der Waals surface area contributed by atoms with Gasteiger partial charge < -0.3 is 15.3 Å². The summed E-state index contributed by atoms with van der Waals surface area (Å²) in [5, 5.41) is 20.0. The number of amides is 2. The van der Waals surface area contributed by atoms with E-state index in [-0.39, 0.29) is 11.9 Å². The molecule has 2 amide bonds. The van der Waals surface area contributed by atoms with Crippen molar-refractivity contribution in [3.63, 3.8) is 0 Å². The second-order valence-corrected chi connectivity index (χ2v) is 4.64. The second kappa shape index (κ2) is 7.70. The Bertz CT molecular complexity index is 590. The summed E-state index contributed by atoms with van der Waals surface area (Å²) in [6.45, 7) is 2.07. The Labute approximate surface area is 123 Å². The molecule has 1 unspecified atom stereocenters. The van der Waals surface area contributed by atoms with Crippen LogP contribution in [0.5, 0.6) is 0 Å². The molecule has 0 bridgehead atoms. The third kappa shape index (κ3) is 5.78. The number of carboxylic acids is 1. The number of carbonyl (C=O) groups excluding carboxylic acids is 1. The normalized spacial score (nSPS) is 11.7. The van der Waals surface area contributed by atoms with Crippen LogP contribution in [0.1, 0.15) is 12.5 Å². The van der Waals surface area contributed by atoms with Gasteiger partial charge in [-0.25, -0.2) is 9.59 Å². The molecule has 0 saturated carbocycles. The van der Waals surface area contributed by atoms with Crippen molar-refractivity contribution in [2.24, 2.45) is 5.92 Å². The highest BCUT2D eigenvalue weighted by molar-refractivity contribution is 5.90. The molecule has 110 valence electrons. The summed E-state index contributed by atoms with van der Waals surface area (Å²) in [4.78, 5) is 23.8. The van der Waals surface area contributed by atoms with E-state index in [0.717, 1.165) is 6.08 Å². The average Bonchev–Trinajstić information content (AvgIpc) is 2.45. The van der Waals surface area contributed by atoms with Crippen molar-refractivity contribution < 1.29 is 14.7 Å². The minimum absolute atomic E-state index is 0.245. The minimum atomic E-state index is -1.03. The number of rotatable bonds is 5. The monoisotopic (exact) mass is 287 g/mol. The van der Waals surface area contributed by atoms with E-state index in [0.29, 0.717) is 17.8 Å². The Kier molecular flexibility index (Phi) is 5.96. The summed E-state index contributed by atoms with van der Waals surface area (Å²) in [7, 11) is 1.61. The molecule has 0 fully saturated rings. The Hall–Kier alpha value is -2.81. The Morgan fingerprint density at radius 2 is 2.24 bits per heavy atom. The van der Waals surface area contributed by atoms with Gasteiger partial charge in [-0.3, -0.25) is 0 Å². The van der Waals surface area contributed by atoms with Crippen LogP contribution in [0.15, 0.2) is 30.3 Å². The van der Waals surface area contributed by atoms with Gasteiger partial charge in [-0.1, -0.05) is 12.1 Å². The summed E-state index contributed by atoms with van der Waals surface area (Å²) in [5.74, 6) is -1.28. The van der Waals surface area contributed by atoms with E-state index >= 15 is 0 Å². The average molecular weight is 287 g/mol. The van der Waals surface area contributed by atoms with Gasteiger partial charge in [0.15, 0.2) is 0 Å². The van der Waals surface area contributed by atoms with Crippen molar-refractivity contribution in [2.75, 3.05) is 18.9 Å². The summed E-state index contributed by atoms with van der Waals surface area (Å²) >= 11 is 0. The van der Waals surface area contributed by atoms with Gasteiger partial charge in [0, 0.05) is 25.4 Å². The maximum absolute atomic E-state index is 11.9. The molecular weight excluding hydrogens is 270 g/mol. The zero-order chi connectivity index (χ0) is 15.8. The molecule has 0 aliphatic rings. The SMILES string of the molecule is CC(C#N)CN(C)C(=O)Nc1cccc(/C=C/C(=O)O)c1. The van der Waals surface area contributed by atoms with E-state index in [2.05, 4.69) is 11.4 Å². The van der Waals surface area contributed by atoms with Gasteiger partial charge in [-0.15, -0.1) is 0 Å². The topological polar surface area (TPSA) is 93.4 Å². The van der Waals surface area contributed by atoms with E-state index in [1.165, 1.54) is 11.0 Å². The van der Waals surface area contributed by atoms with Crippen LogP contribution < -0.4 is 5.32 Å². The van der Waals surface area contributed by atoms with Gasteiger partial charge in [0.05, 0.1) is 12.0 Å². The lowest BCUT2D eigenvalue weighted by molar-refractivity contribution is -0.131. The molecule has 2 N–H and O–H groups in total. The number of benzene rings is 1. The molecule has 1 atom stereocenters. The van der Waals surface area contributed by atoms with Crippen molar-refractivity contribution in [3.8, 4) is 6.07 Å². The summed E-state index contributed by atoms with van der Waals surface area (Å²) in [6, 6.07) is 8.56. The van der Waals surface area contributed by atoms with Gasteiger partial charge >= 0.3 is 12.0 Å². The molecule has 0 aromatic heterocycles. The number of hydrogen-bond acceptors (Lipinski definition) is 3. The predicted octanol–water partition coefficient (Wildman–Crippen LogP) is 2.41. The van der Waals surface area contributed by atoms with Gasteiger partial charge in [-0.2, -0.15) is 5.26 Å². The zero-order valence-electron chi connectivity index (χ0n) is 11.9. The molecule has 1 aromatic carbocycles. The molecule has 0 aliphatic carbocycles. The van der Waals surface area contributed by atoms with Crippen LogP contribution in [0.4, 0.5) is 10.5 Å². The van der Waals surface area contributed by atoms with Crippen LogP contribution in [0.2, 0.25) is 0 Å². The van der Waals surface area contributed by atoms with Crippen LogP contribution in [-0.4, -0.2) is 35.6 Å². The van der Waals surface area contributed by atoms with Crippen molar-refractivity contribution in [3.05, 3.63) is 35.9 Å². The van der Waals surface area contributed by atoms with Crippen LogP contribution in [-0.2, 0) is 4.79 Å². The second-order valence-electron chi connectivity index (χ2n) is 4.64. The first-order valence-electron chi connectivity index (χ1n) is 6.35. The first kappa shape index (κ1) is 16.2. The smallest absolute Gasteiger partial charge is 0.328 e. The van der Waals surface area contributed by atoms with Crippen LogP contribution >= 0.6 is 0 Å². The first-order chi connectivity index (χ1) is 9.92. The highest BCUT2D eigenvalue weighted by atomic mass is 16.4. The standard InChI is InChI=1S/C15H17N3O3/c1-11(9-16)10-18(2)15(21)17-13-5-3-4-12(8-13)6-7-14(19)20/h3-8,11H,10H2,1-2H3,(H,17,21)(H,19,20)/b7-6+. The molecule has 0 heterocycles. The number of aliphatic carboxylic acids is 1. The number of carbonyl (C=O) groups is 2. The molecular formula is C15H17N3O3. The number of nitriles is 1.